The maximum atomic E-state index is 12.6. The molecule has 0 aliphatic carbocycles. The molecule has 5 nitrogen and oxygen atoms in total. The number of carbonyl (C=O) groups is 1. The van der Waals surface area contributed by atoms with Gasteiger partial charge in [-0.3, -0.25) is 0 Å². The molecule has 0 fully saturated rings. The summed E-state index contributed by atoms with van der Waals surface area (Å²) in [6.45, 7) is 1.31. The van der Waals surface area contributed by atoms with Crippen LogP contribution < -0.4 is 9.47 Å². The molecule has 2 aromatic rings. The van der Waals surface area contributed by atoms with Gasteiger partial charge in [0.15, 0.2) is 17.6 Å². The predicted molar refractivity (Wildman–Crippen MR) is 93.2 cm³/mol. The van der Waals surface area contributed by atoms with Gasteiger partial charge in [0.25, 0.3) is 0 Å². The first-order valence-electron chi connectivity index (χ1n) is 7.69. The molecule has 0 aromatic heterocycles. The molecular formula is C18H15F3O5S. The highest BCUT2D eigenvalue weighted by Crippen LogP contribution is 2.34. The smallest absolute Gasteiger partial charge is 0.416 e. The minimum Gasteiger partial charge on any atom is -0.475 e. The van der Waals surface area contributed by atoms with Crippen LogP contribution in [0.2, 0.25) is 0 Å². The lowest BCUT2D eigenvalue weighted by atomic mass is 10.2. The van der Waals surface area contributed by atoms with Gasteiger partial charge < -0.3 is 14.2 Å². The number of rotatable bonds is 7. The number of esters is 1. The molecule has 0 aliphatic heterocycles. The van der Waals surface area contributed by atoms with Crippen molar-refractivity contribution in [3.8, 4) is 17.2 Å². The van der Waals surface area contributed by atoms with Crippen molar-refractivity contribution in [2.24, 2.45) is 0 Å². The highest BCUT2D eigenvalue weighted by atomic mass is 32.1. The number of halogens is 3. The monoisotopic (exact) mass is 400 g/mol. The van der Waals surface area contributed by atoms with E-state index in [1.807, 2.05) is 0 Å². The molecular weight excluding hydrogens is 385 g/mol. The summed E-state index contributed by atoms with van der Waals surface area (Å²) in [5.74, 6) is -0.0661. The van der Waals surface area contributed by atoms with Gasteiger partial charge in [0.2, 0.25) is 0 Å². The van der Waals surface area contributed by atoms with Gasteiger partial charge in [-0.05, 0) is 43.3 Å². The summed E-state index contributed by atoms with van der Waals surface area (Å²) in [4.78, 5) is 11.8. The molecule has 0 saturated heterocycles. The van der Waals surface area contributed by atoms with Crippen LogP contribution in [-0.2, 0) is 27.0 Å². The Bertz CT molecular complexity index is 830. The second-order valence-corrected chi connectivity index (χ2v) is 5.75. The van der Waals surface area contributed by atoms with Crippen LogP contribution in [0.3, 0.4) is 0 Å². The van der Waals surface area contributed by atoms with E-state index < -0.39 is 23.8 Å². The Labute approximate surface area is 156 Å². The van der Waals surface area contributed by atoms with E-state index in [9.17, 15) is 22.2 Å². The van der Waals surface area contributed by atoms with Crippen LogP contribution in [0.25, 0.3) is 0 Å². The van der Waals surface area contributed by atoms with Gasteiger partial charge in [-0.25, -0.2) is 9.00 Å². The number of benzene rings is 2. The average molecular weight is 400 g/mol. The maximum absolute atomic E-state index is 12.6. The number of hydrogen-bond donors (Lipinski definition) is 0. The lowest BCUT2D eigenvalue weighted by Gasteiger charge is -2.16. The van der Waals surface area contributed by atoms with Crippen molar-refractivity contribution in [3.63, 3.8) is 0 Å². The summed E-state index contributed by atoms with van der Waals surface area (Å²) >= 11 is 0.182. The maximum Gasteiger partial charge on any atom is 0.416 e. The van der Waals surface area contributed by atoms with Crippen LogP contribution in [0.4, 0.5) is 13.2 Å². The number of para-hydroxylation sites is 2. The van der Waals surface area contributed by atoms with E-state index >= 15 is 0 Å². The van der Waals surface area contributed by atoms with Gasteiger partial charge >= 0.3 is 12.1 Å². The van der Waals surface area contributed by atoms with Gasteiger partial charge in [0.05, 0.1) is 16.8 Å². The van der Waals surface area contributed by atoms with Gasteiger partial charge in [0, 0.05) is 5.37 Å². The van der Waals surface area contributed by atoms with E-state index in [-0.39, 0.29) is 35.1 Å². The third kappa shape index (κ3) is 6.14. The topological polar surface area (TPSA) is 61.8 Å². The Morgan fingerprint density at radius 2 is 1.74 bits per heavy atom. The Hall–Kier alpha value is -2.81. The van der Waals surface area contributed by atoms with Crippen molar-refractivity contribution in [1.29, 1.82) is 0 Å². The van der Waals surface area contributed by atoms with E-state index in [2.05, 4.69) is 0 Å². The first kappa shape index (κ1) is 20.5. The Morgan fingerprint density at radius 3 is 2.33 bits per heavy atom. The number of alkyl halides is 3. The summed E-state index contributed by atoms with van der Waals surface area (Å²) in [5.41, 5.74) is -0.788. The van der Waals surface area contributed by atoms with Crippen molar-refractivity contribution in [2.45, 2.75) is 19.2 Å². The van der Waals surface area contributed by atoms with Crippen LogP contribution in [0, 0.1) is 0 Å². The molecule has 0 saturated carbocycles. The summed E-state index contributed by atoms with van der Waals surface area (Å²) < 4.78 is 64.0. The Balaban J connectivity index is 2.09. The standard InChI is InChI=1S/C18H15F3O5S/c1-12(17(22)24-10-11-27-23)25-15-4-2-3-5-16(15)26-14-8-6-13(7-9-14)18(19,20)21/h2-9,11-12H,10H2,1H3. The zero-order valence-corrected chi connectivity index (χ0v) is 14.9. The molecule has 9 heteroatoms. The molecule has 1 atom stereocenters. The quantitative estimate of drug-likeness (QED) is 0.522. The molecule has 0 amide bonds. The summed E-state index contributed by atoms with van der Waals surface area (Å²) in [5, 5.41) is 1.17. The zero-order chi connectivity index (χ0) is 19.9. The molecule has 2 aromatic carbocycles. The Morgan fingerprint density at radius 1 is 1.11 bits per heavy atom. The zero-order valence-electron chi connectivity index (χ0n) is 14.1. The largest absolute Gasteiger partial charge is 0.475 e. The molecule has 0 spiro atoms. The summed E-state index contributed by atoms with van der Waals surface area (Å²) in [6, 6.07) is 10.6. The highest BCUT2D eigenvalue weighted by Gasteiger charge is 2.30. The van der Waals surface area contributed by atoms with Crippen molar-refractivity contribution >= 4 is 22.6 Å². The van der Waals surface area contributed by atoms with Crippen LogP contribution in [0.15, 0.2) is 48.5 Å². The predicted octanol–water partition coefficient (Wildman–Crippen LogP) is 3.82. The van der Waals surface area contributed by atoms with E-state index in [0.717, 1.165) is 12.1 Å². The van der Waals surface area contributed by atoms with Gasteiger partial charge in [0.1, 0.15) is 12.4 Å². The fourth-order valence-corrected chi connectivity index (χ4v) is 2.09. The van der Waals surface area contributed by atoms with Crippen LogP contribution >= 0.6 is 0 Å². The molecule has 1 unspecified atom stereocenters. The lowest BCUT2D eigenvalue weighted by Crippen LogP contribution is -2.26. The molecule has 0 aliphatic rings. The third-order valence-corrected chi connectivity index (χ3v) is 3.53. The first-order valence-corrected chi connectivity index (χ1v) is 8.49. The second-order valence-electron chi connectivity index (χ2n) is 5.22. The lowest BCUT2D eigenvalue weighted by molar-refractivity contribution is -0.149. The van der Waals surface area contributed by atoms with Gasteiger partial charge in [-0.15, -0.1) is 0 Å². The fraction of sp³-hybridized carbons (Fsp3) is 0.222. The molecule has 0 radical (unpaired) electrons. The molecule has 0 bridgehead atoms. The normalized spacial score (nSPS) is 12.0. The number of carbonyl (C=O) groups excluding carboxylic acids is 1. The van der Waals surface area contributed by atoms with Gasteiger partial charge in [-0.1, -0.05) is 12.1 Å². The molecule has 0 N–H and O–H groups in total. The SMILES string of the molecule is CC(Oc1ccccc1Oc1ccc(C(F)(F)F)cc1)C(=O)OCC=S=O. The van der Waals surface area contributed by atoms with E-state index in [1.54, 1.807) is 24.3 Å². The first-order chi connectivity index (χ1) is 12.8. The molecule has 144 valence electrons. The fourth-order valence-electron chi connectivity index (χ4n) is 1.97. The summed E-state index contributed by atoms with van der Waals surface area (Å²) in [7, 11) is 0. The Kier molecular flexibility index (Phi) is 7.00. The minimum atomic E-state index is -4.43. The van der Waals surface area contributed by atoms with Crippen molar-refractivity contribution in [3.05, 3.63) is 54.1 Å². The van der Waals surface area contributed by atoms with E-state index in [1.165, 1.54) is 24.4 Å². The average Bonchev–Trinajstić information content (AvgIpc) is 2.63. The van der Waals surface area contributed by atoms with Crippen LogP contribution in [0.1, 0.15) is 12.5 Å². The van der Waals surface area contributed by atoms with Gasteiger partial charge in [-0.2, -0.15) is 13.2 Å². The van der Waals surface area contributed by atoms with Crippen molar-refractivity contribution in [2.75, 3.05) is 6.61 Å². The molecule has 27 heavy (non-hydrogen) atoms. The van der Waals surface area contributed by atoms with Crippen LogP contribution in [0.5, 0.6) is 17.2 Å². The minimum absolute atomic E-state index is 0.148. The second kappa shape index (κ2) is 9.22. The highest BCUT2D eigenvalue weighted by molar-refractivity contribution is 7.64. The van der Waals surface area contributed by atoms with Crippen molar-refractivity contribution < 1.29 is 36.4 Å². The van der Waals surface area contributed by atoms with E-state index in [0.29, 0.717) is 0 Å². The number of ether oxygens (including phenoxy) is 3. The third-order valence-electron chi connectivity index (χ3n) is 3.26. The summed E-state index contributed by atoms with van der Waals surface area (Å²) in [6.07, 6.45) is -5.41. The van der Waals surface area contributed by atoms with Crippen LogP contribution in [-0.4, -0.2) is 28.3 Å². The molecule has 2 rings (SSSR count). The molecule has 0 heterocycles. The van der Waals surface area contributed by atoms with E-state index in [4.69, 9.17) is 14.2 Å². The van der Waals surface area contributed by atoms with Crippen molar-refractivity contribution in [1.82, 2.24) is 0 Å². The number of hydrogen-bond acceptors (Lipinski definition) is 5.